The minimum atomic E-state index is -4.44. The first kappa shape index (κ1) is 14.9. The molecule has 21 heavy (non-hydrogen) atoms. The van der Waals surface area contributed by atoms with E-state index in [9.17, 15) is 18.0 Å². The molecule has 0 aliphatic heterocycles. The molecule has 6 heteroatoms. The summed E-state index contributed by atoms with van der Waals surface area (Å²) in [6, 6.07) is 8.64. The van der Waals surface area contributed by atoms with Crippen molar-refractivity contribution < 1.29 is 27.8 Å². The zero-order valence-corrected chi connectivity index (χ0v) is 10.9. The lowest BCUT2D eigenvalue weighted by atomic mass is 10.1. The van der Waals surface area contributed by atoms with Crippen LogP contribution in [0.4, 0.5) is 13.2 Å². The molecule has 2 aromatic rings. The van der Waals surface area contributed by atoms with Crippen LogP contribution in [0.2, 0.25) is 0 Å². The van der Waals surface area contributed by atoms with Crippen LogP contribution >= 0.6 is 0 Å². The summed E-state index contributed by atoms with van der Waals surface area (Å²) in [6.07, 6.45) is -4.44. The van der Waals surface area contributed by atoms with Gasteiger partial charge in [0.2, 0.25) is 0 Å². The van der Waals surface area contributed by atoms with E-state index in [0.29, 0.717) is 11.3 Å². The number of hydrogen-bond acceptors (Lipinski definition) is 2. The summed E-state index contributed by atoms with van der Waals surface area (Å²) >= 11 is 0. The van der Waals surface area contributed by atoms with Crippen molar-refractivity contribution in [2.45, 2.75) is 13.1 Å². The molecule has 0 aliphatic carbocycles. The van der Waals surface area contributed by atoms with Gasteiger partial charge < -0.3 is 9.84 Å². The molecule has 0 saturated carbocycles. The highest BCUT2D eigenvalue weighted by Crippen LogP contribution is 2.33. The molecule has 110 valence electrons. The van der Waals surface area contributed by atoms with Crippen molar-refractivity contribution in [2.75, 3.05) is 0 Å². The molecule has 0 unspecified atom stereocenters. The second-order valence-electron chi connectivity index (χ2n) is 4.41. The van der Waals surface area contributed by atoms with E-state index >= 15 is 0 Å². The predicted octanol–water partition coefficient (Wildman–Crippen LogP) is 4.50. The Morgan fingerprint density at radius 2 is 1.86 bits per heavy atom. The standard InChI is InChI=1S/C15H11F3O3/c1-9-7-10(14(19)20)5-6-13(9)21-12-4-2-3-11(8-12)15(16,17)18/h2-8H,1H3,(H,19,20). The molecule has 3 nitrogen and oxygen atoms in total. The molecule has 1 N–H and O–H groups in total. The molecule has 0 heterocycles. The summed E-state index contributed by atoms with van der Waals surface area (Å²) in [5.41, 5.74) is -0.198. The van der Waals surface area contributed by atoms with Gasteiger partial charge in [0.05, 0.1) is 11.1 Å². The highest BCUT2D eigenvalue weighted by atomic mass is 19.4. The van der Waals surface area contributed by atoms with Gasteiger partial charge in [-0.05, 0) is 48.9 Å². The number of aryl methyl sites for hydroxylation is 1. The molecule has 2 aromatic carbocycles. The lowest BCUT2D eigenvalue weighted by Crippen LogP contribution is -2.04. The van der Waals surface area contributed by atoms with E-state index in [1.54, 1.807) is 6.92 Å². The molecule has 0 amide bonds. The Balaban J connectivity index is 2.28. The minimum absolute atomic E-state index is 0.0380. The van der Waals surface area contributed by atoms with Gasteiger partial charge in [-0.25, -0.2) is 4.79 Å². The first-order chi connectivity index (χ1) is 9.77. The summed E-state index contributed by atoms with van der Waals surface area (Å²) in [6.45, 7) is 1.62. The number of carboxylic acids is 1. The lowest BCUT2D eigenvalue weighted by molar-refractivity contribution is -0.137. The van der Waals surface area contributed by atoms with Crippen molar-refractivity contribution in [1.29, 1.82) is 0 Å². The average Bonchev–Trinajstić information content (AvgIpc) is 2.40. The van der Waals surface area contributed by atoms with Crippen LogP contribution in [0.3, 0.4) is 0 Å². The van der Waals surface area contributed by atoms with E-state index in [0.717, 1.165) is 12.1 Å². The number of ether oxygens (including phenoxy) is 1. The molecular weight excluding hydrogens is 285 g/mol. The highest BCUT2D eigenvalue weighted by Gasteiger charge is 2.30. The number of alkyl halides is 3. The van der Waals surface area contributed by atoms with Crippen LogP contribution in [0.5, 0.6) is 11.5 Å². The molecule has 0 atom stereocenters. The van der Waals surface area contributed by atoms with Gasteiger partial charge >= 0.3 is 12.1 Å². The summed E-state index contributed by atoms with van der Waals surface area (Å²) in [7, 11) is 0. The van der Waals surface area contributed by atoms with Crippen LogP contribution in [0.25, 0.3) is 0 Å². The average molecular weight is 296 g/mol. The molecule has 0 fully saturated rings. The van der Waals surface area contributed by atoms with Gasteiger partial charge in [-0.15, -0.1) is 0 Å². The number of rotatable bonds is 3. The Labute approximate surface area is 118 Å². The fraction of sp³-hybridized carbons (Fsp3) is 0.133. The molecule has 0 bridgehead atoms. The first-order valence-corrected chi connectivity index (χ1v) is 5.96. The Hall–Kier alpha value is -2.50. The van der Waals surface area contributed by atoms with Crippen LogP contribution in [-0.2, 0) is 6.18 Å². The minimum Gasteiger partial charge on any atom is -0.478 e. The van der Waals surface area contributed by atoms with Gasteiger partial charge in [-0.1, -0.05) is 6.07 Å². The first-order valence-electron chi connectivity index (χ1n) is 5.96. The van der Waals surface area contributed by atoms with Crippen molar-refractivity contribution in [3.8, 4) is 11.5 Å². The van der Waals surface area contributed by atoms with Crippen LogP contribution in [-0.4, -0.2) is 11.1 Å². The third-order valence-electron chi connectivity index (χ3n) is 2.81. The SMILES string of the molecule is Cc1cc(C(=O)O)ccc1Oc1cccc(C(F)(F)F)c1. The third-order valence-corrected chi connectivity index (χ3v) is 2.81. The number of carboxylic acid groups (broad SMARTS) is 1. The Morgan fingerprint density at radius 3 is 2.43 bits per heavy atom. The fourth-order valence-corrected chi connectivity index (χ4v) is 1.76. The normalized spacial score (nSPS) is 11.2. The Bertz CT molecular complexity index is 678. The maximum Gasteiger partial charge on any atom is 0.416 e. The smallest absolute Gasteiger partial charge is 0.416 e. The second-order valence-corrected chi connectivity index (χ2v) is 4.41. The predicted molar refractivity (Wildman–Crippen MR) is 69.7 cm³/mol. The van der Waals surface area contributed by atoms with Crippen molar-refractivity contribution in [1.82, 2.24) is 0 Å². The van der Waals surface area contributed by atoms with Gasteiger partial charge in [0.1, 0.15) is 11.5 Å². The van der Waals surface area contributed by atoms with E-state index in [-0.39, 0.29) is 11.3 Å². The largest absolute Gasteiger partial charge is 0.478 e. The monoisotopic (exact) mass is 296 g/mol. The van der Waals surface area contributed by atoms with Crippen LogP contribution < -0.4 is 4.74 Å². The van der Waals surface area contributed by atoms with E-state index < -0.39 is 17.7 Å². The number of halogens is 3. The zero-order valence-electron chi connectivity index (χ0n) is 10.9. The lowest BCUT2D eigenvalue weighted by Gasteiger charge is -2.12. The van der Waals surface area contributed by atoms with Gasteiger partial charge in [0.15, 0.2) is 0 Å². The molecule has 0 aliphatic rings. The number of carbonyl (C=O) groups is 1. The van der Waals surface area contributed by atoms with Crippen LogP contribution in [0.1, 0.15) is 21.5 Å². The fourth-order valence-electron chi connectivity index (χ4n) is 1.76. The van der Waals surface area contributed by atoms with Crippen LogP contribution in [0, 0.1) is 6.92 Å². The van der Waals surface area contributed by atoms with E-state index in [4.69, 9.17) is 9.84 Å². The summed E-state index contributed by atoms with van der Waals surface area (Å²) < 4.78 is 43.2. The molecule has 2 rings (SSSR count). The maximum atomic E-state index is 12.6. The molecule has 0 radical (unpaired) electrons. The zero-order chi connectivity index (χ0) is 15.6. The van der Waals surface area contributed by atoms with E-state index in [1.165, 1.54) is 30.3 Å². The van der Waals surface area contributed by atoms with Gasteiger partial charge in [-0.2, -0.15) is 13.2 Å². The molecule has 0 saturated heterocycles. The Morgan fingerprint density at radius 1 is 1.14 bits per heavy atom. The summed E-state index contributed by atoms with van der Waals surface area (Å²) in [5, 5.41) is 8.85. The van der Waals surface area contributed by atoms with Crippen molar-refractivity contribution in [3.05, 3.63) is 59.2 Å². The third kappa shape index (κ3) is 3.53. The summed E-state index contributed by atoms with van der Waals surface area (Å²) in [4.78, 5) is 10.8. The number of aromatic carboxylic acids is 1. The van der Waals surface area contributed by atoms with Crippen molar-refractivity contribution in [2.24, 2.45) is 0 Å². The van der Waals surface area contributed by atoms with Gasteiger partial charge in [0, 0.05) is 0 Å². The number of hydrogen-bond donors (Lipinski definition) is 1. The highest BCUT2D eigenvalue weighted by molar-refractivity contribution is 5.88. The topological polar surface area (TPSA) is 46.5 Å². The molecule has 0 spiro atoms. The number of benzene rings is 2. The van der Waals surface area contributed by atoms with Gasteiger partial charge in [0.25, 0.3) is 0 Å². The quantitative estimate of drug-likeness (QED) is 0.906. The van der Waals surface area contributed by atoms with Crippen LogP contribution in [0.15, 0.2) is 42.5 Å². The van der Waals surface area contributed by atoms with E-state index in [2.05, 4.69) is 0 Å². The molecule has 0 aromatic heterocycles. The van der Waals surface area contributed by atoms with Crippen molar-refractivity contribution in [3.63, 3.8) is 0 Å². The summed E-state index contributed by atoms with van der Waals surface area (Å²) in [5.74, 6) is -0.737. The maximum absolute atomic E-state index is 12.6. The van der Waals surface area contributed by atoms with E-state index in [1.807, 2.05) is 0 Å². The van der Waals surface area contributed by atoms with Gasteiger partial charge in [-0.3, -0.25) is 0 Å². The second kappa shape index (κ2) is 5.47. The molecular formula is C15H11F3O3. The Kier molecular flexibility index (Phi) is 3.88. The van der Waals surface area contributed by atoms with Crippen molar-refractivity contribution >= 4 is 5.97 Å².